The average molecular weight is 245 g/mol. The SMILES string of the molecule is C=C/C=C(\C=C)CCn1ccc(C(=O)O)cc1=O. The lowest BCUT2D eigenvalue weighted by Gasteiger charge is -2.06. The van der Waals surface area contributed by atoms with Crippen LogP contribution in [0.2, 0.25) is 0 Å². The number of hydrogen-bond acceptors (Lipinski definition) is 2. The van der Waals surface area contributed by atoms with E-state index in [2.05, 4.69) is 13.2 Å². The van der Waals surface area contributed by atoms with Crippen molar-refractivity contribution in [2.45, 2.75) is 13.0 Å². The van der Waals surface area contributed by atoms with Crippen LogP contribution in [0.1, 0.15) is 16.8 Å². The van der Waals surface area contributed by atoms with Crippen LogP contribution in [0.5, 0.6) is 0 Å². The molecule has 1 aromatic rings. The molecule has 0 aliphatic carbocycles. The monoisotopic (exact) mass is 245 g/mol. The molecule has 0 aliphatic rings. The van der Waals surface area contributed by atoms with Crippen LogP contribution in [0, 0.1) is 0 Å². The summed E-state index contributed by atoms with van der Waals surface area (Å²) in [5.74, 6) is -1.10. The Morgan fingerprint density at radius 2 is 2.17 bits per heavy atom. The van der Waals surface area contributed by atoms with Gasteiger partial charge >= 0.3 is 5.97 Å². The highest BCUT2D eigenvalue weighted by molar-refractivity contribution is 5.87. The van der Waals surface area contributed by atoms with E-state index < -0.39 is 5.97 Å². The first-order valence-electron chi connectivity index (χ1n) is 5.46. The Morgan fingerprint density at radius 1 is 1.44 bits per heavy atom. The molecule has 4 heteroatoms. The summed E-state index contributed by atoms with van der Waals surface area (Å²) in [4.78, 5) is 22.3. The van der Waals surface area contributed by atoms with Crippen LogP contribution in [-0.2, 0) is 6.54 Å². The lowest BCUT2D eigenvalue weighted by Crippen LogP contribution is -2.20. The van der Waals surface area contributed by atoms with Crippen LogP contribution in [0.4, 0.5) is 0 Å². The number of carbonyl (C=O) groups is 1. The molecule has 1 rings (SSSR count). The largest absolute Gasteiger partial charge is 0.478 e. The smallest absolute Gasteiger partial charge is 0.335 e. The first-order chi connectivity index (χ1) is 8.58. The molecular weight excluding hydrogens is 230 g/mol. The van der Waals surface area contributed by atoms with E-state index in [1.807, 2.05) is 6.08 Å². The van der Waals surface area contributed by atoms with Crippen molar-refractivity contribution in [2.24, 2.45) is 0 Å². The number of carboxylic acid groups (broad SMARTS) is 1. The molecule has 0 spiro atoms. The maximum atomic E-state index is 11.6. The minimum Gasteiger partial charge on any atom is -0.478 e. The fourth-order valence-corrected chi connectivity index (χ4v) is 1.48. The minimum atomic E-state index is -1.10. The van der Waals surface area contributed by atoms with Crippen molar-refractivity contribution in [1.29, 1.82) is 0 Å². The Bertz CT molecular complexity index is 552. The number of hydrogen-bond donors (Lipinski definition) is 1. The summed E-state index contributed by atoms with van der Waals surface area (Å²) in [5.41, 5.74) is 0.651. The van der Waals surface area contributed by atoms with Gasteiger partial charge in [-0.05, 0) is 18.1 Å². The van der Waals surface area contributed by atoms with E-state index in [0.717, 1.165) is 11.6 Å². The third-order valence-electron chi connectivity index (χ3n) is 2.48. The van der Waals surface area contributed by atoms with Crippen LogP contribution in [0.15, 0.2) is 60.1 Å². The molecule has 94 valence electrons. The molecule has 0 saturated heterocycles. The second kappa shape index (κ2) is 6.39. The predicted octanol–water partition coefficient (Wildman–Crippen LogP) is 2.23. The molecule has 0 saturated carbocycles. The summed E-state index contributed by atoms with van der Waals surface area (Å²) in [6.45, 7) is 7.74. The molecule has 0 aliphatic heterocycles. The molecule has 4 nitrogen and oxygen atoms in total. The van der Waals surface area contributed by atoms with Gasteiger partial charge in [-0.2, -0.15) is 0 Å². The summed E-state index contributed by atoms with van der Waals surface area (Å²) in [5, 5.41) is 8.74. The Hall–Kier alpha value is -2.36. The normalized spacial score (nSPS) is 11.0. The fourth-order valence-electron chi connectivity index (χ4n) is 1.48. The summed E-state index contributed by atoms with van der Waals surface area (Å²) in [6, 6.07) is 2.53. The van der Waals surface area contributed by atoms with Gasteiger partial charge in [-0.15, -0.1) is 0 Å². The summed E-state index contributed by atoms with van der Waals surface area (Å²) >= 11 is 0. The van der Waals surface area contributed by atoms with E-state index in [9.17, 15) is 9.59 Å². The second-order valence-corrected chi connectivity index (χ2v) is 3.68. The predicted molar refractivity (Wildman–Crippen MR) is 70.8 cm³/mol. The number of rotatable bonds is 6. The first kappa shape index (κ1) is 13.7. The molecule has 1 heterocycles. The van der Waals surface area contributed by atoms with Crippen LogP contribution < -0.4 is 5.56 Å². The standard InChI is InChI=1S/C14H15NO3/c1-3-5-11(4-2)6-8-15-9-7-12(14(17)18)10-13(15)16/h3-5,7,9-10H,1-2,6,8H2,(H,17,18)/b11-5+. The van der Waals surface area contributed by atoms with Gasteiger partial charge in [0.05, 0.1) is 5.56 Å². The van der Waals surface area contributed by atoms with Crippen molar-refractivity contribution in [3.05, 3.63) is 71.2 Å². The fraction of sp³-hybridized carbons (Fsp3) is 0.143. The molecule has 0 bridgehead atoms. The lowest BCUT2D eigenvalue weighted by atomic mass is 10.1. The van der Waals surface area contributed by atoms with Crippen molar-refractivity contribution in [2.75, 3.05) is 0 Å². The molecule has 0 atom stereocenters. The highest BCUT2D eigenvalue weighted by atomic mass is 16.4. The molecule has 0 aromatic carbocycles. The van der Waals surface area contributed by atoms with Gasteiger partial charge in [0.2, 0.25) is 0 Å². The van der Waals surface area contributed by atoms with E-state index in [1.54, 1.807) is 12.2 Å². The van der Waals surface area contributed by atoms with Crippen molar-refractivity contribution in [3.63, 3.8) is 0 Å². The van der Waals surface area contributed by atoms with Gasteiger partial charge < -0.3 is 9.67 Å². The Kier molecular flexibility index (Phi) is 4.87. The zero-order valence-electron chi connectivity index (χ0n) is 10.0. The molecule has 0 unspecified atom stereocenters. The van der Waals surface area contributed by atoms with Crippen LogP contribution >= 0.6 is 0 Å². The van der Waals surface area contributed by atoms with E-state index in [-0.39, 0.29) is 11.1 Å². The van der Waals surface area contributed by atoms with Crippen molar-refractivity contribution >= 4 is 5.97 Å². The number of aromatic carboxylic acids is 1. The van der Waals surface area contributed by atoms with Gasteiger partial charge in [-0.25, -0.2) is 4.79 Å². The molecule has 0 fully saturated rings. The van der Waals surface area contributed by atoms with E-state index >= 15 is 0 Å². The van der Waals surface area contributed by atoms with Crippen molar-refractivity contribution in [1.82, 2.24) is 4.57 Å². The number of aryl methyl sites for hydroxylation is 1. The topological polar surface area (TPSA) is 59.3 Å². The van der Waals surface area contributed by atoms with E-state index in [1.165, 1.54) is 16.8 Å². The second-order valence-electron chi connectivity index (χ2n) is 3.68. The highest BCUT2D eigenvalue weighted by Crippen LogP contribution is 2.04. The average Bonchev–Trinajstić information content (AvgIpc) is 2.35. The summed E-state index contributed by atoms with van der Waals surface area (Å²) < 4.78 is 1.47. The Morgan fingerprint density at radius 3 is 2.67 bits per heavy atom. The Balaban J connectivity index is 2.83. The van der Waals surface area contributed by atoms with Crippen LogP contribution in [-0.4, -0.2) is 15.6 Å². The van der Waals surface area contributed by atoms with E-state index in [4.69, 9.17) is 5.11 Å². The number of carboxylic acids is 1. The van der Waals surface area contributed by atoms with Gasteiger partial charge in [0, 0.05) is 18.8 Å². The number of nitrogens with zero attached hydrogens (tertiary/aromatic N) is 1. The maximum Gasteiger partial charge on any atom is 0.335 e. The van der Waals surface area contributed by atoms with Crippen molar-refractivity contribution in [3.8, 4) is 0 Å². The molecule has 0 radical (unpaired) electrons. The Labute approximate surface area is 105 Å². The molecule has 18 heavy (non-hydrogen) atoms. The minimum absolute atomic E-state index is 0.00169. The van der Waals surface area contributed by atoms with Gasteiger partial charge in [0.25, 0.3) is 5.56 Å². The number of aromatic nitrogens is 1. The van der Waals surface area contributed by atoms with Crippen LogP contribution in [0.25, 0.3) is 0 Å². The van der Waals surface area contributed by atoms with E-state index in [0.29, 0.717) is 13.0 Å². The van der Waals surface area contributed by atoms with Crippen molar-refractivity contribution < 1.29 is 9.90 Å². The van der Waals surface area contributed by atoms with Gasteiger partial charge in [-0.1, -0.05) is 31.4 Å². The number of allylic oxidation sites excluding steroid dienone is 4. The lowest BCUT2D eigenvalue weighted by molar-refractivity contribution is 0.0696. The molecule has 1 N–H and O–H groups in total. The summed E-state index contributed by atoms with van der Waals surface area (Å²) in [6.07, 6.45) is 7.32. The molecule has 0 amide bonds. The third-order valence-corrected chi connectivity index (χ3v) is 2.48. The van der Waals surface area contributed by atoms with Gasteiger partial charge in [-0.3, -0.25) is 4.79 Å². The number of pyridine rings is 1. The third kappa shape index (κ3) is 3.59. The summed E-state index contributed by atoms with van der Waals surface area (Å²) in [7, 11) is 0. The molecule has 1 aromatic heterocycles. The van der Waals surface area contributed by atoms with Gasteiger partial charge in [0.15, 0.2) is 0 Å². The maximum absolute atomic E-state index is 11.6. The zero-order valence-corrected chi connectivity index (χ0v) is 10.0. The molecular formula is C14H15NO3. The first-order valence-corrected chi connectivity index (χ1v) is 5.46. The van der Waals surface area contributed by atoms with Crippen LogP contribution in [0.3, 0.4) is 0 Å². The quantitative estimate of drug-likeness (QED) is 0.782. The zero-order chi connectivity index (χ0) is 13.5. The van der Waals surface area contributed by atoms with Gasteiger partial charge in [0.1, 0.15) is 0 Å². The highest BCUT2D eigenvalue weighted by Gasteiger charge is 2.04.